The summed E-state index contributed by atoms with van der Waals surface area (Å²) in [5.74, 6) is 0.748. The number of hydrogen-bond donors (Lipinski definition) is 1. The summed E-state index contributed by atoms with van der Waals surface area (Å²) in [5, 5.41) is 7.09. The summed E-state index contributed by atoms with van der Waals surface area (Å²) in [4.78, 5) is 12.9. The van der Waals surface area contributed by atoms with Gasteiger partial charge in [-0.25, -0.2) is 27.2 Å². The van der Waals surface area contributed by atoms with Crippen molar-refractivity contribution in [3.63, 3.8) is 0 Å². The molecule has 34 heavy (non-hydrogen) atoms. The summed E-state index contributed by atoms with van der Waals surface area (Å²) in [6, 6.07) is 8.85. The summed E-state index contributed by atoms with van der Waals surface area (Å²) >= 11 is 0. The first-order valence-corrected chi connectivity index (χ1v) is 10.9. The number of piperazine rings is 1. The molecule has 0 spiro atoms. The Bertz CT molecular complexity index is 1130. The SMILES string of the molecule is FC(F)c1cccc(-n2cnc(Nc3cc(C(F)F)cc(N4CCN(C5COC5)CC4)n3)n2)c1. The van der Waals surface area contributed by atoms with Crippen molar-refractivity contribution in [1.82, 2.24) is 24.6 Å². The van der Waals surface area contributed by atoms with E-state index in [2.05, 4.69) is 25.3 Å². The predicted molar refractivity (Wildman–Crippen MR) is 117 cm³/mol. The first-order valence-electron chi connectivity index (χ1n) is 10.9. The molecule has 2 fully saturated rings. The first kappa shape index (κ1) is 22.5. The van der Waals surface area contributed by atoms with Gasteiger partial charge < -0.3 is 15.0 Å². The second-order valence-corrected chi connectivity index (χ2v) is 8.19. The van der Waals surface area contributed by atoms with Gasteiger partial charge in [-0.1, -0.05) is 12.1 Å². The van der Waals surface area contributed by atoms with Gasteiger partial charge in [0.1, 0.15) is 18.0 Å². The minimum atomic E-state index is -2.67. The lowest BCUT2D eigenvalue weighted by Gasteiger charge is -2.42. The van der Waals surface area contributed by atoms with Crippen LogP contribution in [0.2, 0.25) is 0 Å². The van der Waals surface area contributed by atoms with Crippen LogP contribution < -0.4 is 10.2 Å². The smallest absolute Gasteiger partial charge is 0.264 e. The number of rotatable bonds is 7. The van der Waals surface area contributed by atoms with Crippen LogP contribution in [0.25, 0.3) is 5.69 Å². The van der Waals surface area contributed by atoms with E-state index in [1.54, 1.807) is 6.07 Å². The van der Waals surface area contributed by atoms with Crippen molar-refractivity contribution in [3.05, 3.63) is 53.9 Å². The average Bonchev–Trinajstić information content (AvgIpc) is 3.27. The van der Waals surface area contributed by atoms with Gasteiger partial charge in [0.15, 0.2) is 0 Å². The second kappa shape index (κ2) is 9.55. The molecule has 0 atom stereocenters. The van der Waals surface area contributed by atoms with Gasteiger partial charge >= 0.3 is 0 Å². The average molecular weight is 477 g/mol. The fourth-order valence-corrected chi connectivity index (χ4v) is 4.00. The molecule has 8 nitrogen and oxygen atoms in total. The Morgan fingerprint density at radius 1 is 0.941 bits per heavy atom. The third kappa shape index (κ3) is 4.82. The maximum atomic E-state index is 13.6. The molecule has 180 valence electrons. The van der Waals surface area contributed by atoms with Crippen molar-refractivity contribution in [2.24, 2.45) is 0 Å². The maximum absolute atomic E-state index is 13.6. The molecular weight excluding hydrogens is 454 g/mol. The second-order valence-electron chi connectivity index (χ2n) is 8.19. The number of ether oxygens (including phenoxy) is 1. The summed E-state index contributed by atoms with van der Waals surface area (Å²) < 4.78 is 59.7. The Morgan fingerprint density at radius 2 is 1.71 bits per heavy atom. The van der Waals surface area contributed by atoms with Crippen molar-refractivity contribution in [2.45, 2.75) is 18.9 Å². The van der Waals surface area contributed by atoms with Gasteiger partial charge in [0.2, 0.25) is 5.95 Å². The molecule has 0 unspecified atom stereocenters. The van der Waals surface area contributed by atoms with Crippen LogP contribution in [0.5, 0.6) is 0 Å². The van der Waals surface area contributed by atoms with Crippen LogP contribution in [-0.2, 0) is 4.74 Å². The van der Waals surface area contributed by atoms with E-state index in [-0.39, 0.29) is 22.9 Å². The molecule has 3 aromatic rings. The molecule has 2 aliphatic heterocycles. The van der Waals surface area contributed by atoms with Crippen LogP contribution in [0.1, 0.15) is 24.0 Å². The minimum Gasteiger partial charge on any atom is -0.378 e. The summed E-state index contributed by atoms with van der Waals surface area (Å²) in [6.07, 6.45) is -3.92. The lowest BCUT2D eigenvalue weighted by molar-refractivity contribution is -0.0661. The van der Waals surface area contributed by atoms with Gasteiger partial charge in [-0.05, 0) is 24.3 Å². The van der Waals surface area contributed by atoms with Crippen LogP contribution in [-0.4, -0.2) is 70.1 Å². The predicted octanol–water partition coefficient (Wildman–Crippen LogP) is 3.80. The van der Waals surface area contributed by atoms with E-state index in [4.69, 9.17) is 4.74 Å². The molecule has 0 saturated carbocycles. The molecule has 4 heterocycles. The molecule has 0 radical (unpaired) electrons. The Hall–Kier alpha value is -3.25. The first-order chi connectivity index (χ1) is 16.5. The molecule has 0 aliphatic carbocycles. The van der Waals surface area contributed by atoms with Crippen LogP contribution in [0, 0.1) is 0 Å². The van der Waals surface area contributed by atoms with E-state index in [9.17, 15) is 17.6 Å². The van der Waals surface area contributed by atoms with Crippen molar-refractivity contribution < 1.29 is 22.3 Å². The maximum Gasteiger partial charge on any atom is 0.264 e. The monoisotopic (exact) mass is 477 g/mol. The molecule has 12 heteroatoms. The highest BCUT2D eigenvalue weighted by atomic mass is 19.3. The van der Waals surface area contributed by atoms with Crippen LogP contribution >= 0.6 is 0 Å². The zero-order valence-electron chi connectivity index (χ0n) is 18.1. The van der Waals surface area contributed by atoms with Gasteiger partial charge in [0.05, 0.1) is 24.9 Å². The number of hydrogen-bond acceptors (Lipinski definition) is 7. The van der Waals surface area contributed by atoms with Gasteiger partial charge in [-0.15, -0.1) is 5.10 Å². The van der Waals surface area contributed by atoms with Crippen molar-refractivity contribution in [1.29, 1.82) is 0 Å². The fourth-order valence-electron chi connectivity index (χ4n) is 4.00. The highest BCUT2D eigenvalue weighted by Crippen LogP contribution is 2.28. The van der Waals surface area contributed by atoms with E-state index in [1.165, 1.54) is 41.3 Å². The number of nitrogens with one attached hydrogen (secondary N) is 1. The Kier molecular flexibility index (Phi) is 6.33. The number of aromatic nitrogens is 4. The van der Waals surface area contributed by atoms with Gasteiger partial charge in [0.25, 0.3) is 12.9 Å². The largest absolute Gasteiger partial charge is 0.378 e. The zero-order chi connectivity index (χ0) is 23.7. The Labute approximate surface area is 193 Å². The summed E-state index contributed by atoms with van der Waals surface area (Å²) in [5.41, 5.74) is 0.109. The number of pyridine rings is 1. The van der Waals surface area contributed by atoms with E-state index in [0.29, 0.717) is 30.6 Å². The van der Waals surface area contributed by atoms with Gasteiger partial charge in [0, 0.05) is 37.3 Å². The molecule has 5 rings (SSSR count). The Morgan fingerprint density at radius 3 is 2.38 bits per heavy atom. The Balaban J connectivity index is 1.33. The molecule has 0 bridgehead atoms. The lowest BCUT2D eigenvalue weighted by Crippen LogP contribution is -2.56. The van der Waals surface area contributed by atoms with Crippen molar-refractivity contribution in [3.8, 4) is 5.69 Å². The molecule has 2 aliphatic rings. The van der Waals surface area contributed by atoms with Crippen LogP contribution in [0.3, 0.4) is 0 Å². The third-order valence-corrected chi connectivity index (χ3v) is 5.98. The van der Waals surface area contributed by atoms with Gasteiger partial charge in [-0.3, -0.25) is 4.90 Å². The zero-order valence-corrected chi connectivity index (χ0v) is 18.1. The van der Waals surface area contributed by atoms with E-state index in [0.717, 1.165) is 26.3 Å². The standard InChI is InChI=1S/C22H23F4N7O/c23-20(24)14-2-1-3-16(8-14)33-13-27-22(30-33)29-18-9-15(21(25)26)10-19(28-18)32-6-4-31(5-7-32)17-11-34-12-17/h1-3,8-10,13,17,20-21H,4-7,11-12H2,(H,28,29,30). The highest BCUT2D eigenvalue weighted by Gasteiger charge is 2.29. The van der Waals surface area contributed by atoms with Crippen LogP contribution in [0.15, 0.2) is 42.7 Å². The minimum absolute atomic E-state index is 0.113. The lowest BCUT2D eigenvalue weighted by atomic mass is 10.1. The van der Waals surface area contributed by atoms with Crippen molar-refractivity contribution >= 4 is 17.6 Å². The van der Waals surface area contributed by atoms with Crippen molar-refractivity contribution in [2.75, 3.05) is 49.6 Å². The van der Waals surface area contributed by atoms with E-state index >= 15 is 0 Å². The number of anilines is 3. The quantitative estimate of drug-likeness (QED) is 0.519. The third-order valence-electron chi connectivity index (χ3n) is 5.98. The van der Waals surface area contributed by atoms with E-state index in [1.807, 2.05) is 4.90 Å². The number of halogens is 4. The number of benzene rings is 1. The molecular formula is C22H23F4N7O. The molecule has 1 N–H and O–H groups in total. The summed E-state index contributed by atoms with van der Waals surface area (Å²) in [7, 11) is 0. The number of alkyl halides is 4. The number of nitrogens with zero attached hydrogens (tertiary/aromatic N) is 6. The van der Waals surface area contributed by atoms with Gasteiger partial charge in [-0.2, -0.15) is 4.98 Å². The normalized spacial score (nSPS) is 17.4. The molecule has 2 aromatic heterocycles. The topological polar surface area (TPSA) is 71.3 Å². The van der Waals surface area contributed by atoms with E-state index < -0.39 is 12.9 Å². The molecule has 1 aromatic carbocycles. The van der Waals surface area contributed by atoms with Crippen LogP contribution in [0.4, 0.5) is 35.1 Å². The fraction of sp³-hybridized carbons (Fsp3) is 0.409. The summed E-state index contributed by atoms with van der Waals surface area (Å²) in [6.45, 7) is 4.42. The molecule has 0 amide bonds. The molecule has 2 saturated heterocycles. The highest BCUT2D eigenvalue weighted by molar-refractivity contribution is 5.56.